The molecule has 106 valence electrons. The Hall–Kier alpha value is -2.08. The van der Waals surface area contributed by atoms with Crippen LogP contribution in [0.1, 0.15) is 17.4 Å². The van der Waals surface area contributed by atoms with E-state index in [-0.39, 0.29) is 12.3 Å². The quantitative estimate of drug-likeness (QED) is 0.937. The molecule has 1 heterocycles. The Balaban J connectivity index is 2.29. The number of pyridine rings is 1. The summed E-state index contributed by atoms with van der Waals surface area (Å²) in [6, 6.07) is 10.1. The number of nitrogens with zero attached hydrogens (tertiary/aromatic N) is 1. The van der Waals surface area contributed by atoms with Crippen LogP contribution in [0, 0.1) is 0 Å². The van der Waals surface area contributed by atoms with Gasteiger partial charge in [0.15, 0.2) is 6.10 Å². The van der Waals surface area contributed by atoms with Gasteiger partial charge in [0, 0.05) is 12.7 Å². The van der Waals surface area contributed by atoms with E-state index < -0.39 is 17.8 Å². The lowest BCUT2D eigenvalue weighted by molar-refractivity contribution is -0.139. The highest BCUT2D eigenvalue weighted by Crippen LogP contribution is 2.37. The van der Waals surface area contributed by atoms with Crippen molar-refractivity contribution in [3.8, 4) is 5.75 Å². The molecule has 2 N–H and O–H groups in total. The summed E-state index contributed by atoms with van der Waals surface area (Å²) in [6.07, 6.45) is -3.66. The van der Waals surface area contributed by atoms with E-state index in [0.717, 1.165) is 6.07 Å². The summed E-state index contributed by atoms with van der Waals surface area (Å²) in [5, 5.41) is 0. The number of hydrogen-bond acceptors (Lipinski definition) is 3. The van der Waals surface area contributed by atoms with Gasteiger partial charge in [-0.1, -0.05) is 18.2 Å². The summed E-state index contributed by atoms with van der Waals surface area (Å²) >= 11 is 0. The van der Waals surface area contributed by atoms with Gasteiger partial charge >= 0.3 is 6.18 Å². The second kappa shape index (κ2) is 5.92. The monoisotopic (exact) mass is 282 g/mol. The largest absolute Gasteiger partial charge is 0.482 e. The Morgan fingerprint density at radius 3 is 2.40 bits per heavy atom. The smallest absolute Gasteiger partial charge is 0.419 e. The summed E-state index contributed by atoms with van der Waals surface area (Å²) in [5.41, 5.74) is 5.23. The maximum Gasteiger partial charge on any atom is 0.419 e. The van der Waals surface area contributed by atoms with Crippen LogP contribution in [0.3, 0.4) is 0 Å². The van der Waals surface area contributed by atoms with Crippen LogP contribution < -0.4 is 10.5 Å². The molecular weight excluding hydrogens is 269 g/mol. The van der Waals surface area contributed by atoms with Crippen LogP contribution in [0.15, 0.2) is 48.7 Å². The number of alkyl halides is 3. The Bertz CT molecular complexity index is 558. The van der Waals surface area contributed by atoms with Gasteiger partial charge in [-0.25, -0.2) is 0 Å². The van der Waals surface area contributed by atoms with E-state index in [1.165, 1.54) is 24.4 Å². The summed E-state index contributed by atoms with van der Waals surface area (Å²) < 4.78 is 44.0. The number of benzene rings is 1. The number of para-hydroxylation sites is 1. The van der Waals surface area contributed by atoms with Crippen LogP contribution in [-0.2, 0) is 6.18 Å². The molecule has 20 heavy (non-hydrogen) atoms. The predicted octanol–water partition coefficient (Wildman–Crippen LogP) is 3.18. The van der Waals surface area contributed by atoms with Gasteiger partial charge in [0.1, 0.15) is 5.75 Å². The number of nitrogens with two attached hydrogens (primary N) is 1. The Morgan fingerprint density at radius 2 is 1.80 bits per heavy atom. The third-order valence-electron chi connectivity index (χ3n) is 2.69. The molecule has 2 rings (SSSR count). The first-order valence-corrected chi connectivity index (χ1v) is 5.96. The molecule has 6 heteroatoms. The predicted molar refractivity (Wildman–Crippen MR) is 68.1 cm³/mol. The zero-order chi connectivity index (χ0) is 14.6. The minimum absolute atomic E-state index is 0.0310. The minimum atomic E-state index is -4.47. The van der Waals surface area contributed by atoms with Crippen LogP contribution >= 0.6 is 0 Å². The molecule has 0 aliphatic rings. The maximum atomic E-state index is 12.9. The van der Waals surface area contributed by atoms with Gasteiger partial charge in [0.25, 0.3) is 0 Å². The second-order valence-corrected chi connectivity index (χ2v) is 4.09. The van der Waals surface area contributed by atoms with Crippen molar-refractivity contribution in [2.75, 3.05) is 6.54 Å². The van der Waals surface area contributed by atoms with Gasteiger partial charge in [-0.15, -0.1) is 0 Å². The van der Waals surface area contributed by atoms with Crippen molar-refractivity contribution in [3.05, 3.63) is 59.9 Å². The van der Waals surface area contributed by atoms with Gasteiger partial charge in [-0.2, -0.15) is 13.2 Å². The van der Waals surface area contributed by atoms with Crippen molar-refractivity contribution < 1.29 is 17.9 Å². The fraction of sp³-hybridized carbons (Fsp3) is 0.214. The normalized spacial score (nSPS) is 13.0. The van der Waals surface area contributed by atoms with E-state index in [9.17, 15) is 13.2 Å². The number of hydrogen-bond donors (Lipinski definition) is 1. The van der Waals surface area contributed by atoms with Crippen LogP contribution in [0.2, 0.25) is 0 Å². The van der Waals surface area contributed by atoms with Crippen molar-refractivity contribution >= 4 is 0 Å². The van der Waals surface area contributed by atoms with Crippen molar-refractivity contribution in [1.82, 2.24) is 4.98 Å². The molecule has 0 aliphatic carbocycles. The van der Waals surface area contributed by atoms with E-state index in [1.54, 1.807) is 18.2 Å². The van der Waals surface area contributed by atoms with Gasteiger partial charge in [-0.05, 0) is 24.3 Å². The van der Waals surface area contributed by atoms with Gasteiger partial charge in [0.2, 0.25) is 0 Å². The lowest BCUT2D eigenvalue weighted by Crippen LogP contribution is -2.21. The van der Waals surface area contributed by atoms with Crippen LogP contribution in [0.5, 0.6) is 5.75 Å². The van der Waals surface area contributed by atoms with E-state index in [1.807, 2.05) is 0 Å². The molecule has 1 aromatic carbocycles. The fourth-order valence-electron chi connectivity index (χ4n) is 1.75. The average molecular weight is 282 g/mol. The molecule has 0 fully saturated rings. The Kier molecular flexibility index (Phi) is 4.24. The highest BCUT2D eigenvalue weighted by atomic mass is 19.4. The maximum absolute atomic E-state index is 12.9. The molecule has 0 spiro atoms. The zero-order valence-electron chi connectivity index (χ0n) is 10.5. The first-order valence-electron chi connectivity index (χ1n) is 5.96. The lowest BCUT2D eigenvalue weighted by Gasteiger charge is -2.20. The van der Waals surface area contributed by atoms with Crippen LogP contribution in [-0.4, -0.2) is 11.5 Å². The van der Waals surface area contributed by atoms with E-state index in [2.05, 4.69) is 4.98 Å². The van der Waals surface area contributed by atoms with Crippen molar-refractivity contribution in [2.24, 2.45) is 5.73 Å². The molecule has 0 bridgehead atoms. The molecule has 0 amide bonds. The number of aromatic nitrogens is 1. The Labute approximate surface area is 114 Å². The first kappa shape index (κ1) is 14.3. The van der Waals surface area contributed by atoms with Crippen molar-refractivity contribution in [1.29, 1.82) is 0 Å². The van der Waals surface area contributed by atoms with Gasteiger partial charge < -0.3 is 10.5 Å². The zero-order valence-corrected chi connectivity index (χ0v) is 10.5. The molecule has 1 aromatic heterocycles. The molecule has 1 atom stereocenters. The number of rotatable bonds is 4. The first-order chi connectivity index (χ1) is 9.52. The standard InChI is InChI=1S/C14H13F3N2O/c15-14(16,17)10-5-1-2-7-12(10)20-13(9-18)11-6-3-4-8-19-11/h1-8,13H,9,18H2. The molecular formula is C14H13F3N2O. The average Bonchev–Trinajstić information content (AvgIpc) is 2.45. The molecule has 2 aromatic rings. The SMILES string of the molecule is NCC(Oc1ccccc1C(F)(F)F)c1ccccn1. The molecule has 3 nitrogen and oxygen atoms in total. The van der Waals surface area contributed by atoms with Crippen LogP contribution in [0.25, 0.3) is 0 Å². The molecule has 0 radical (unpaired) electrons. The fourth-order valence-corrected chi connectivity index (χ4v) is 1.75. The van der Waals surface area contributed by atoms with Crippen LogP contribution in [0.4, 0.5) is 13.2 Å². The van der Waals surface area contributed by atoms with Crippen molar-refractivity contribution in [3.63, 3.8) is 0 Å². The minimum Gasteiger partial charge on any atom is -0.482 e. The topological polar surface area (TPSA) is 48.1 Å². The van der Waals surface area contributed by atoms with Gasteiger partial charge in [-0.3, -0.25) is 4.98 Å². The van der Waals surface area contributed by atoms with Crippen molar-refractivity contribution in [2.45, 2.75) is 12.3 Å². The highest BCUT2D eigenvalue weighted by Gasteiger charge is 2.34. The molecule has 0 saturated heterocycles. The third kappa shape index (κ3) is 3.27. The molecule has 0 aliphatic heterocycles. The van der Waals surface area contributed by atoms with E-state index in [0.29, 0.717) is 5.69 Å². The van der Waals surface area contributed by atoms with E-state index >= 15 is 0 Å². The molecule has 0 saturated carbocycles. The third-order valence-corrected chi connectivity index (χ3v) is 2.69. The summed E-state index contributed by atoms with van der Waals surface area (Å²) in [6.45, 7) is 0.0310. The summed E-state index contributed by atoms with van der Waals surface area (Å²) in [4.78, 5) is 4.05. The highest BCUT2D eigenvalue weighted by molar-refractivity contribution is 5.36. The summed E-state index contributed by atoms with van der Waals surface area (Å²) in [7, 11) is 0. The Morgan fingerprint density at radius 1 is 1.10 bits per heavy atom. The van der Waals surface area contributed by atoms with Gasteiger partial charge in [0.05, 0.1) is 11.3 Å². The molecule has 1 unspecified atom stereocenters. The van der Waals surface area contributed by atoms with E-state index in [4.69, 9.17) is 10.5 Å². The number of halogens is 3. The summed E-state index contributed by atoms with van der Waals surface area (Å²) in [5.74, 6) is -0.249. The lowest BCUT2D eigenvalue weighted by atomic mass is 10.1. The number of ether oxygens (including phenoxy) is 1. The second-order valence-electron chi connectivity index (χ2n) is 4.09.